The number of carbonyl (C=O) groups is 1. The van der Waals surface area contributed by atoms with Gasteiger partial charge in [-0.3, -0.25) is 4.79 Å². The number of carbonyl (C=O) groups excluding carboxylic acids is 1. The van der Waals surface area contributed by atoms with Gasteiger partial charge in [0.05, 0.1) is 13.2 Å². The summed E-state index contributed by atoms with van der Waals surface area (Å²) in [6.07, 6.45) is 1.69. The number of nitrogens with two attached hydrogens (primary N) is 1. The van der Waals surface area contributed by atoms with Crippen molar-refractivity contribution in [3.63, 3.8) is 0 Å². The van der Waals surface area contributed by atoms with Gasteiger partial charge in [-0.2, -0.15) is 0 Å². The zero-order chi connectivity index (χ0) is 14.0. The van der Waals surface area contributed by atoms with E-state index < -0.39 is 0 Å². The maximum Gasteiger partial charge on any atom is 0.220 e. The zero-order valence-electron chi connectivity index (χ0n) is 11.2. The molecule has 1 amide bonds. The lowest BCUT2D eigenvalue weighted by atomic mass is 10.0. The molecule has 1 aromatic carbocycles. The first-order valence-corrected chi connectivity index (χ1v) is 6.41. The van der Waals surface area contributed by atoms with Gasteiger partial charge in [-0.25, -0.2) is 4.39 Å². The molecular formula is C14H19FN2O2. The highest BCUT2D eigenvalue weighted by Gasteiger charge is 2.36. The lowest BCUT2D eigenvalue weighted by Crippen LogP contribution is -2.40. The first-order chi connectivity index (χ1) is 9.08. The minimum absolute atomic E-state index is 0.00988. The van der Waals surface area contributed by atoms with Gasteiger partial charge in [0.25, 0.3) is 0 Å². The molecule has 19 heavy (non-hydrogen) atoms. The molecule has 1 fully saturated rings. The first kappa shape index (κ1) is 13.8. The first-order valence-electron chi connectivity index (χ1n) is 6.41. The average molecular weight is 266 g/mol. The van der Waals surface area contributed by atoms with Crippen molar-refractivity contribution in [3.8, 4) is 5.75 Å². The molecule has 4 nitrogen and oxygen atoms in total. The maximum atomic E-state index is 13.2. The predicted octanol–water partition coefficient (Wildman–Crippen LogP) is 1.84. The number of ether oxygens (including phenoxy) is 1. The van der Waals surface area contributed by atoms with Gasteiger partial charge in [0, 0.05) is 31.1 Å². The fraction of sp³-hybridized carbons (Fsp3) is 0.500. The van der Waals surface area contributed by atoms with Crippen LogP contribution in [-0.4, -0.2) is 30.5 Å². The highest BCUT2D eigenvalue weighted by molar-refractivity contribution is 5.75. The number of likely N-dealkylation sites (tertiary alicyclic amines) is 1. The molecule has 5 heteroatoms. The summed E-state index contributed by atoms with van der Waals surface area (Å²) in [5.74, 6) is 0.126. The summed E-state index contributed by atoms with van der Waals surface area (Å²) in [4.78, 5) is 13.6. The van der Waals surface area contributed by atoms with E-state index in [0.29, 0.717) is 12.3 Å². The molecule has 104 valence electrons. The van der Waals surface area contributed by atoms with Gasteiger partial charge in [-0.05, 0) is 18.9 Å². The molecule has 0 radical (unpaired) electrons. The van der Waals surface area contributed by atoms with E-state index >= 15 is 0 Å². The lowest BCUT2D eigenvalue weighted by Gasteiger charge is -2.29. The van der Waals surface area contributed by atoms with Crippen LogP contribution >= 0.6 is 0 Å². The zero-order valence-corrected chi connectivity index (χ0v) is 11.2. The normalized spacial score (nSPS) is 22.6. The number of halogens is 1. The van der Waals surface area contributed by atoms with Crippen LogP contribution in [0.4, 0.5) is 4.39 Å². The minimum atomic E-state index is -0.344. The van der Waals surface area contributed by atoms with Crippen LogP contribution in [0.2, 0.25) is 0 Å². The van der Waals surface area contributed by atoms with E-state index in [-0.39, 0.29) is 23.8 Å². The summed E-state index contributed by atoms with van der Waals surface area (Å²) in [6, 6.07) is 4.40. The van der Waals surface area contributed by atoms with Gasteiger partial charge in [0.2, 0.25) is 5.91 Å². The smallest absolute Gasteiger partial charge is 0.220 e. The largest absolute Gasteiger partial charge is 0.496 e. The minimum Gasteiger partial charge on any atom is -0.496 e. The summed E-state index contributed by atoms with van der Waals surface area (Å²) in [7, 11) is 1.51. The lowest BCUT2D eigenvalue weighted by molar-refractivity contribution is -0.131. The van der Waals surface area contributed by atoms with E-state index in [2.05, 4.69) is 0 Å². The van der Waals surface area contributed by atoms with Crippen LogP contribution in [0.3, 0.4) is 0 Å². The Hall–Kier alpha value is -1.62. The monoisotopic (exact) mass is 266 g/mol. The Bertz CT molecular complexity index is 479. The predicted molar refractivity (Wildman–Crippen MR) is 70.3 cm³/mol. The average Bonchev–Trinajstić information content (AvgIpc) is 2.82. The van der Waals surface area contributed by atoms with E-state index in [1.54, 1.807) is 11.0 Å². The molecule has 0 bridgehead atoms. The third-order valence-electron chi connectivity index (χ3n) is 3.69. The number of hydrogen-bond acceptors (Lipinski definition) is 3. The van der Waals surface area contributed by atoms with Crippen LogP contribution < -0.4 is 10.5 Å². The Labute approximate surface area is 112 Å². The van der Waals surface area contributed by atoms with Crippen LogP contribution in [-0.2, 0) is 4.79 Å². The van der Waals surface area contributed by atoms with Crippen molar-refractivity contribution in [1.29, 1.82) is 0 Å². The van der Waals surface area contributed by atoms with E-state index in [4.69, 9.17) is 10.5 Å². The van der Waals surface area contributed by atoms with Crippen molar-refractivity contribution in [3.05, 3.63) is 29.6 Å². The van der Waals surface area contributed by atoms with Crippen molar-refractivity contribution >= 4 is 5.91 Å². The van der Waals surface area contributed by atoms with Gasteiger partial charge in [-0.15, -0.1) is 0 Å². The molecule has 1 aromatic rings. The van der Waals surface area contributed by atoms with Crippen molar-refractivity contribution in [1.82, 2.24) is 4.90 Å². The SMILES string of the molecule is COc1cc(F)ccc1C1CCC(CN)N1C(C)=O. The summed E-state index contributed by atoms with van der Waals surface area (Å²) in [5, 5.41) is 0. The Morgan fingerprint density at radius 3 is 2.84 bits per heavy atom. The molecule has 0 aromatic heterocycles. The maximum absolute atomic E-state index is 13.2. The molecule has 1 heterocycles. The van der Waals surface area contributed by atoms with Gasteiger partial charge in [0.1, 0.15) is 11.6 Å². The van der Waals surface area contributed by atoms with Crippen molar-refractivity contribution in [2.75, 3.05) is 13.7 Å². The molecule has 2 rings (SSSR count). The number of nitrogens with zero attached hydrogens (tertiary/aromatic N) is 1. The van der Waals surface area contributed by atoms with E-state index in [1.807, 2.05) is 0 Å². The van der Waals surface area contributed by atoms with Crippen molar-refractivity contribution < 1.29 is 13.9 Å². The van der Waals surface area contributed by atoms with Crippen molar-refractivity contribution in [2.24, 2.45) is 5.73 Å². The third kappa shape index (κ3) is 2.56. The van der Waals surface area contributed by atoms with Crippen molar-refractivity contribution in [2.45, 2.75) is 31.8 Å². The third-order valence-corrected chi connectivity index (χ3v) is 3.69. The Kier molecular flexibility index (Phi) is 4.04. The Morgan fingerprint density at radius 1 is 1.53 bits per heavy atom. The second kappa shape index (κ2) is 5.57. The van der Waals surface area contributed by atoms with Gasteiger partial charge in [-0.1, -0.05) is 6.07 Å². The molecule has 2 N–H and O–H groups in total. The quantitative estimate of drug-likeness (QED) is 0.908. The van der Waals surface area contributed by atoms with Crippen LogP contribution in [0.1, 0.15) is 31.4 Å². The summed E-state index contributed by atoms with van der Waals surface area (Å²) < 4.78 is 18.5. The molecule has 2 unspecified atom stereocenters. The van der Waals surface area contributed by atoms with Crippen LogP contribution in [0.15, 0.2) is 18.2 Å². The van der Waals surface area contributed by atoms with Crippen LogP contribution in [0.25, 0.3) is 0 Å². The number of hydrogen-bond donors (Lipinski definition) is 1. The summed E-state index contributed by atoms with van der Waals surface area (Å²) in [5.41, 5.74) is 6.55. The highest BCUT2D eigenvalue weighted by Crippen LogP contribution is 2.40. The van der Waals surface area contributed by atoms with E-state index in [0.717, 1.165) is 18.4 Å². The Morgan fingerprint density at radius 2 is 2.26 bits per heavy atom. The molecule has 0 spiro atoms. The number of amides is 1. The molecule has 2 atom stereocenters. The van der Waals surface area contributed by atoms with Crippen LogP contribution in [0, 0.1) is 5.82 Å². The van der Waals surface area contributed by atoms with Gasteiger partial charge in [0.15, 0.2) is 0 Å². The summed E-state index contributed by atoms with van der Waals surface area (Å²) >= 11 is 0. The molecule has 1 aliphatic rings. The Balaban J connectivity index is 2.38. The standard InChI is InChI=1S/C14H19FN2O2/c1-9(18)17-11(8-16)4-6-13(17)12-5-3-10(15)7-14(12)19-2/h3,5,7,11,13H,4,6,8,16H2,1-2H3. The number of methoxy groups -OCH3 is 1. The molecule has 1 aliphatic heterocycles. The van der Waals surface area contributed by atoms with Gasteiger partial charge < -0.3 is 15.4 Å². The van der Waals surface area contributed by atoms with Gasteiger partial charge >= 0.3 is 0 Å². The van der Waals surface area contributed by atoms with E-state index in [9.17, 15) is 9.18 Å². The second-order valence-electron chi connectivity index (χ2n) is 4.80. The molecule has 1 saturated heterocycles. The molecule has 0 saturated carbocycles. The number of benzene rings is 1. The topological polar surface area (TPSA) is 55.6 Å². The number of rotatable bonds is 3. The van der Waals surface area contributed by atoms with Crippen LogP contribution in [0.5, 0.6) is 5.75 Å². The fourth-order valence-electron chi connectivity index (χ4n) is 2.86. The summed E-state index contributed by atoms with van der Waals surface area (Å²) in [6.45, 7) is 1.98. The highest BCUT2D eigenvalue weighted by atomic mass is 19.1. The molecule has 0 aliphatic carbocycles. The molecular weight excluding hydrogens is 247 g/mol. The fourth-order valence-corrected chi connectivity index (χ4v) is 2.86. The second-order valence-corrected chi connectivity index (χ2v) is 4.80. The van der Waals surface area contributed by atoms with E-state index in [1.165, 1.54) is 26.2 Å².